The summed E-state index contributed by atoms with van der Waals surface area (Å²) in [6.45, 7) is 7.87. The number of aliphatic hydroxyl groups is 1. The molecular weight excluding hydrogens is 242 g/mol. The molecule has 0 aromatic heterocycles. The van der Waals surface area contributed by atoms with Gasteiger partial charge in [0.05, 0.1) is 26.9 Å². The van der Waals surface area contributed by atoms with Crippen molar-refractivity contribution in [3.05, 3.63) is 29.3 Å². The average molecular weight is 268 g/mol. The van der Waals surface area contributed by atoms with Crippen LogP contribution in [0.25, 0.3) is 0 Å². The summed E-state index contributed by atoms with van der Waals surface area (Å²) in [6, 6.07) is 6.14. The molecule has 0 aliphatic carbocycles. The predicted octanol–water partition coefficient (Wildman–Crippen LogP) is 0.206. The lowest BCUT2D eigenvalue weighted by molar-refractivity contribution is -0.880. The van der Waals surface area contributed by atoms with Crippen LogP contribution in [0.3, 0.4) is 0 Å². The molecule has 1 rings (SSSR count). The summed E-state index contributed by atoms with van der Waals surface area (Å²) >= 11 is 0. The lowest BCUT2D eigenvalue weighted by Crippen LogP contribution is -3.10. The fourth-order valence-electron chi connectivity index (χ4n) is 1.89. The van der Waals surface area contributed by atoms with Crippen LogP contribution in [0.2, 0.25) is 0 Å². The third-order valence-electron chi connectivity index (χ3n) is 3.09. The van der Waals surface area contributed by atoms with Gasteiger partial charge in [0, 0.05) is 0 Å². The molecule has 1 aromatic carbocycles. The lowest BCUT2D eigenvalue weighted by Gasteiger charge is -2.14. The second-order valence-corrected chi connectivity index (χ2v) is 4.86. The topological polar surface area (TPSA) is 43.1 Å². The first kappa shape index (κ1) is 16.0. The number of hydrogen-bond donors (Lipinski definition) is 2. The molecule has 1 atom stereocenters. The van der Waals surface area contributed by atoms with Crippen LogP contribution in [0.5, 0.6) is 5.75 Å². The first-order valence-electron chi connectivity index (χ1n) is 6.84. The van der Waals surface area contributed by atoms with Crippen molar-refractivity contribution in [3.63, 3.8) is 0 Å². The van der Waals surface area contributed by atoms with Gasteiger partial charge in [-0.05, 0) is 25.0 Å². The zero-order valence-electron chi connectivity index (χ0n) is 12.2. The molecule has 0 saturated carbocycles. The van der Waals surface area contributed by atoms with Gasteiger partial charge in [-0.2, -0.15) is 0 Å². The SMILES string of the molecule is Cc1cccc(C)c1OCCOCC[NH+](C)CCO. The highest BCUT2D eigenvalue weighted by Crippen LogP contribution is 2.21. The molecule has 108 valence electrons. The Morgan fingerprint density at radius 3 is 2.37 bits per heavy atom. The van der Waals surface area contributed by atoms with Crippen LogP contribution >= 0.6 is 0 Å². The maximum Gasteiger partial charge on any atom is 0.125 e. The van der Waals surface area contributed by atoms with E-state index in [1.807, 2.05) is 13.1 Å². The van der Waals surface area contributed by atoms with Gasteiger partial charge in [0.25, 0.3) is 0 Å². The number of hydrogen-bond acceptors (Lipinski definition) is 3. The van der Waals surface area contributed by atoms with Crippen molar-refractivity contribution in [3.8, 4) is 5.75 Å². The van der Waals surface area contributed by atoms with Crippen molar-refractivity contribution in [1.82, 2.24) is 0 Å². The monoisotopic (exact) mass is 268 g/mol. The Hall–Kier alpha value is -1.10. The molecule has 2 N–H and O–H groups in total. The number of aliphatic hydroxyl groups excluding tert-OH is 1. The molecule has 0 amide bonds. The summed E-state index contributed by atoms with van der Waals surface area (Å²) in [7, 11) is 2.05. The van der Waals surface area contributed by atoms with Gasteiger partial charge in [0.1, 0.15) is 25.4 Å². The van der Waals surface area contributed by atoms with Crippen molar-refractivity contribution >= 4 is 0 Å². The summed E-state index contributed by atoms with van der Waals surface area (Å²) in [5.74, 6) is 0.967. The van der Waals surface area contributed by atoms with Crippen LogP contribution in [0.1, 0.15) is 11.1 Å². The predicted molar refractivity (Wildman–Crippen MR) is 75.9 cm³/mol. The molecule has 0 aliphatic rings. The van der Waals surface area contributed by atoms with Crippen LogP contribution in [0.4, 0.5) is 0 Å². The van der Waals surface area contributed by atoms with E-state index >= 15 is 0 Å². The molecule has 4 heteroatoms. The Morgan fingerprint density at radius 2 is 1.74 bits per heavy atom. The van der Waals surface area contributed by atoms with Gasteiger partial charge in [0.2, 0.25) is 0 Å². The Kier molecular flexibility index (Phi) is 7.48. The van der Waals surface area contributed by atoms with E-state index in [1.54, 1.807) is 0 Å². The Morgan fingerprint density at radius 1 is 1.05 bits per heavy atom. The van der Waals surface area contributed by atoms with Crippen molar-refractivity contribution in [1.29, 1.82) is 0 Å². The number of quaternary nitrogens is 1. The molecule has 1 aromatic rings. The number of ether oxygens (including phenoxy) is 2. The van der Waals surface area contributed by atoms with Gasteiger partial charge >= 0.3 is 0 Å². The quantitative estimate of drug-likeness (QED) is 0.629. The van der Waals surface area contributed by atoms with Crippen LogP contribution in [-0.2, 0) is 4.74 Å². The minimum Gasteiger partial charge on any atom is -0.491 e. The summed E-state index contributed by atoms with van der Waals surface area (Å²) in [5, 5.41) is 8.77. The second-order valence-electron chi connectivity index (χ2n) is 4.86. The normalized spacial score (nSPS) is 12.4. The second kappa shape index (κ2) is 8.91. The van der Waals surface area contributed by atoms with E-state index in [0.717, 1.165) is 30.0 Å². The van der Waals surface area contributed by atoms with E-state index in [0.29, 0.717) is 19.8 Å². The fraction of sp³-hybridized carbons (Fsp3) is 0.600. The van der Waals surface area contributed by atoms with Crippen LogP contribution in [0.15, 0.2) is 18.2 Å². The molecular formula is C15H26NO3+. The molecule has 0 fully saturated rings. The molecule has 0 radical (unpaired) electrons. The third-order valence-corrected chi connectivity index (χ3v) is 3.09. The van der Waals surface area contributed by atoms with E-state index < -0.39 is 0 Å². The van der Waals surface area contributed by atoms with Gasteiger partial charge in [-0.25, -0.2) is 0 Å². The lowest BCUT2D eigenvalue weighted by atomic mass is 10.1. The molecule has 19 heavy (non-hydrogen) atoms. The zero-order valence-corrected chi connectivity index (χ0v) is 12.2. The molecule has 1 unspecified atom stereocenters. The van der Waals surface area contributed by atoms with E-state index in [1.165, 1.54) is 4.90 Å². The maximum atomic E-state index is 8.77. The van der Waals surface area contributed by atoms with Gasteiger partial charge in [-0.15, -0.1) is 0 Å². The van der Waals surface area contributed by atoms with Crippen molar-refractivity contribution in [2.24, 2.45) is 0 Å². The first-order valence-corrected chi connectivity index (χ1v) is 6.84. The Labute approximate surface area is 115 Å². The van der Waals surface area contributed by atoms with Crippen LogP contribution < -0.4 is 9.64 Å². The number of rotatable bonds is 9. The number of aryl methyl sites for hydroxylation is 2. The average Bonchev–Trinajstić information content (AvgIpc) is 2.36. The maximum absolute atomic E-state index is 8.77. The highest BCUT2D eigenvalue weighted by Gasteiger charge is 2.03. The summed E-state index contributed by atoms with van der Waals surface area (Å²) in [6.07, 6.45) is 0. The number of para-hydroxylation sites is 1. The molecule has 0 bridgehead atoms. The Bertz CT molecular complexity index is 348. The third kappa shape index (κ3) is 6.05. The van der Waals surface area contributed by atoms with Gasteiger partial charge < -0.3 is 19.5 Å². The van der Waals surface area contributed by atoms with Gasteiger partial charge in [0.15, 0.2) is 0 Å². The molecule has 0 aliphatic heterocycles. The fourth-order valence-corrected chi connectivity index (χ4v) is 1.89. The smallest absolute Gasteiger partial charge is 0.125 e. The van der Waals surface area contributed by atoms with Crippen molar-refractivity contribution in [2.45, 2.75) is 13.8 Å². The van der Waals surface area contributed by atoms with Gasteiger partial charge in [-0.1, -0.05) is 18.2 Å². The van der Waals surface area contributed by atoms with Crippen LogP contribution in [-0.4, -0.2) is 51.7 Å². The number of benzene rings is 1. The van der Waals surface area contributed by atoms with E-state index in [9.17, 15) is 0 Å². The van der Waals surface area contributed by atoms with Crippen molar-refractivity contribution < 1.29 is 19.5 Å². The summed E-state index contributed by atoms with van der Waals surface area (Å²) in [5.41, 5.74) is 2.32. The standard InChI is InChI=1S/C15H25NO3/c1-13-5-4-6-14(2)15(13)19-12-11-18-10-8-16(3)7-9-17/h4-6,17H,7-12H2,1-3H3/p+1. The van der Waals surface area contributed by atoms with E-state index in [-0.39, 0.29) is 6.61 Å². The molecule has 0 saturated heterocycles. The summed E-state index contributed by atoms with van der Waals surface area (Å²) in [4.78, 5) is 1.28. The van der Waals surface area contributed by atoms with Crippen LogP contribution in [0, 0.1) is 13.8 Å². The molecule has 0 spiro atoms. The minimum atomic E-state index is 0.224. The molecule has 0 heterocycles. The largest absolute Gasteiger partial charge is 0.491 e. The number of nitrogens with one attached hydrogen (secondary N) is 1. The van der Waals surface area contributed by atoms with Crippen molar-refractivity contribution in [2.75, 3.05) is 46.6 Å². The minimum absolute atomic E-state index is 0.224. The Balaban J connectivity index is 2.14. The molecule has 4 nitrogen and oxygen atoms in total. The number of likely N-dealkylation sites (N-methyl/N-ethyl adjacent to an activating group) is 1. The highest BCUT2D eigenvalue weighted by molar-refractivity contribution is 5.39. The summed E-state index contributed by atoms with van der Waals surface area (Å²) < 4.78 is 11.3. The van der Waals surface area contributed by atoms with E-state index in [4.69, 9.17) is 14.6 Å². The van der Waals surface area contributed by atoms with E-state index in [2.05, 4.69) is 26.0 Å². The highest BCUT2D eigenvalue weighted by atomic mass is 16.5. The zero-order chi connectivity index (χ0) is 14.1. The first-order chi connectivity index (χ1) is 9.15. The van der Waals surface area contributed by atoms with Gasteiger partial charge in [-0.3, -0.25) is 0 Å².